The highest BCUT2D eigenvalue weighted by atomic mass is 35.5. The molecule has 1 saturated heterocycles. The monoisotopic (exact) mass is 608 g/mol. The lowest BCUT2D eigenvalue weighted by atomic mass is 10.00. The summed E-state index contributed by atoms with van der Waals surface area (Å²) in [4.78, 5) is 33.8. The second kappa shape index (κ2) is 12.9. The Labute approximate surface area is 252 Å². The van der Waals surface area contributed by atoms with E-state index >= 15 is 4.39 Å². The Kier molecular flexibility index (Phi) is 9.01. The van der Waals surface area contributed by atoms with Gasteiger partial charge in [0.1, 0.15) is 0 Å². The van der Waals surface area contributed by atoms with Crippen molar-refractivity contribution in [1.82, 2.24) is 14.9 Å². The van der Waals surface area contributed by atoms with Gasteiger partial charge in [0.15, 0.2) is 17.9 Å². The molecule has 0 aliphatic carbocycles. The molecule has 2 aromatic heterocycles. The number of ether oxygens (including phenoxy) is 2. The number of carbonyl (C=O) groups excluding carboxylic acids is 2. The third kappa shape index (κ3) is 5.94. The van der Waals surface area contributed by atoms with E-state index in [-0.39, 0.29) is 23.6 Å². The fourth-order valence-corrected chi connectivity index (χ4v) is 5.63. The van der Waals surface area contributed by atoms with Gasteiger partial charge in [-0.1, -0.05) is 53.5 Å². The van der Waals surface area contributed by atoms with Crippen LogP contribution in [0.25, 0.3) is 22.4 Å². The number of nitrogens with one attached hydrogen (secondary N) is 1. The lowest BCUT2D eigenvalue weighted by molar-refractivity contribution is -0.144. The quantitative estimate of drug-likeness (QED) is 0.163. The molecule has 1 aliphatic heterocycles. The molecule has 0 radical (unpaired) electrons. The van der Waals surface area contributed by atoms with Crippen LogP contribution in [0.1, 0.15) is 22.3 Å². The molecule has 1 N–H and O–H groups in total. The zero-order valence-corrected chi connectivity index (χ0v) is 24.4. The number of aromatic nitrogens is 2. The number of nitrogens with zero attached hydrogens (tertiary/aromatic N) is 3. The van der Waals surface area contributed by atoms with Crippen LogP contribution in [-0.4, -0.2) is 54.4 Å². The first-order valence-electron chi connectivity index (χ1n) is 13.1. The van der Waals surface area contributed by atoms with E-state index in [9.17, 15) is 9.59 Å². The van der Waals surface area contributed by atoms with Crippen LogP contribution in [0.2, 0.25) is 10.0 Å². The fraction of sp³-hybridized carbons (Fsp3) is 0.226. The number of anilines is 2. The molecule has 1 aliphatic rings. The van der Waals surface area contributed by atoms with E-state index < -0.39 is 5.82 Å². The van der Waals surface area contributed by atoms with E-state index in [4.69, 9.17) is 32.7 Å². The summed E-state index contributed by atoms with van der Waals surface area (Å²) in [6, 6.07) is 15.7. The number of halogens is 3. The van der Waals surface area contributed by atoms with Crippen molar-refractivity contribution in [2.45, 2.75) is 13.0 Å². The molecular weight excluding hydrogens is 582 g/mol. The van der Waals surface area contributed by atoms with Gasteiger partial charge in [-0.15, -0.1) is 0 Å². The summed E-state index contributed by atoms with van der Waals surface area (Å²) in [6.07, 6.45) is 2.88. The molecule has 1 fully saturated rings. The maximum atomic E-state index is 15.6. The Morgan fingerprint density at radius 3 is 2.55 bits per heavy atom. The summed E-state index contributed by atoms with van der Waals surface area (Å²) in [5.74, 6) is -0.737. The number of carbonyl (C=O) groups is 2. The van der Waals surface area contributed by atoms with Gasteiger partial charge in [0.25, 0.3) is 0 Å². The second-order valence-electron chi connectivity index (χ2n) is 9.75. The molecule has 0 saturated carbocycles. The molecule has 0 bridgehead atoms. The number of hydrogen-bond donors (Lipinski definition) is 1. The van der Waals surface area contributed by atoms with Crippen molar-refractivity contribution < 1.29 is 23.5 Å². The molecule has 3 heterocycles. The summed E-state index contributed by atoms with van der Waals surface area (Å²) < 4.78 is 25.7. The van der Waals surface area contributed by atoms with Crippen molar-refractivity contribution >= 4 is 47.0 Å². The number of benzene rings is 2. The summed E-state index contributed by atoms with van der Waals surface area (Å²) >= 11 is 13.7. The van der Waals surface area contributed by atoms with Crippen LogP contribution >= 0.6 is 23.2 Å². The molecular formula is C31H27Cl2FN4O4. The van der Waals surface area contributed by atoms with Crippen molar-refractivity contribution in [3.63, 3.8) is 0 Å². The van der Waals surface area contributed by atoms with Crippen LogP contribution in [-0.2, 0) is 16.1 Å². The maximum absolute atomic E-state index is 15.6. The van der Waals surface area contributed by atoms with E-state index in [0.717, 1.165) is 0 Å². The van der Waals surface area contributed by atoms with E-state index in [0.29, 0.717) is 81.6 Å². The lowest BCUT2D eigenvalue weighted by Gasteiger charge is -2.18. The lowest BCUT2D eigenvalue weighted by Crippen LogP contribution is -2.24. The van der Waals surface area contributed by atoms with Gasteiger partial charge in [-0.05, 0) is 37.2 Å². The number of pyridine rings is 2. The summed E-state index contributed by atoms with van der Waals surface area (Å²) in [6.45, 7) is 1.51. The molecule has 5 rings (SSSR count). The Morgan fingerprint density at radius 2 is 1.81 bits per heavy atom. The number of methoxy groups -OCH3 is 2. The number of esters is 1. The highest BCUT2D eigenvalue weighted by molar-refractivity contribution is 6.39. The SMILES string of the molecule is COC(=O)[C@@H]1CCN(Cc2ccnc(Nc3cccc(-c4cccc(-c5ccc(C=O)c(OC)n5)c4Cl)c3Cl)c2F)C1. The Hall–Kier alpha value is -4.05. The normalized spacial score (nSPS) is 14.9. The predicted molar refractivity (Wildman–Crippen MR) is 160 cm³/mol. The molecule has 4 aromatic rings. The van der Waals surface area contributed by atoms with Crippen molar-refractivity contribution in [2.24, 2.45) is 5.92 Å². The van der Waals surface area contributed by atoms with Gasteiger partial charge < -0.3 is 14.8 Å². The van der Waals surface area contributed by atoms with Gasteiger partial charge in [0, 0.05) is 41.5 Å². The first-order chi connectivity index (χ1) is 20.3. The number of aldehydes is 1. The van der Waals surface area contributed by atoms with Crippen LogP contribution in [0, 0.1) is 11.7 Å². The zero-order valence-electron chi connectivity index (χ0n) is 22.9. The average Bonchev–Trinajstić information content (AvgIpc) is 3.48. The third-order valence-electron chi connectivity index (χ3n) is 7.20. The summed E-state index contributed by atoms with van der Waals surface area (Å²) in [5.41, 5.74) is 3.62. The van der Waals surface area contributed by atoms with Crippen molar-refractivity contribution in [1.29, 1.82) is 0 Å². The first-order valence-corrected chi connectivity index (χ1v) is 13.9. The van der Waals surface area contributed by atoms with Crippen LogP contribution in [0.5, 0.6) is 5.88 Å². The molecule has 0 spiro atoms. The van der Waals surface area contributed by atoms with Crippen LogP contribution < -0.4 is 10.1 Å². The number of hydrogen-bond acceptors (Lipinski definition) is 8. The molecule has 216 valence electrons. The minimum absolute atomic E-state index is 0.0293. The molecule has 0 amide bonds. The van der Waals surface area contributed by atoms with Gasteiger partial charge in [-0.25, -0.2) is 14.4 Å². The van der Waals surface area contributed by atoms with Gasteiger partial charge in [0.2, 0.25) is 5.88 Å². The first kappa shape index (κ1) is 29.4. The number of rotatable bonds is 9. The van der Waals surface area contributed by atoms with E-state index in [1.54, 1.807) is 30.3 Å². The van der Waals surface area contributed by atoms with Gasteiger partial charge in [-0.2, -0.15) is 0 Å². The third-order valence-corrected chi connectivity index (χ3v) is 8.01. The zero-order chi connectivity index (χ0) is 29.8. The van der Waals surface area contributed by atoms with Gasteiger partial charge >= 0.3 is 5.97 Å². The predicted octanol–water partition coefficient (Wildman–Crippen LogP) is 6.82. The molecule has 11 heteroatoms. The Morgan fingerprint density at radius 1 is 1.07 bits per heavy atom. The average molecular weight is 609 g/mol. The highest BCUT2D eigenvalue weighted by Gasteiger charge is 2.29. The van der Waals surface area contributed by atoms with Crippen LogP contribution in [0.4, 0.5) is 15.9 Å². The van der Waals surface area contributed by atoms with Gasteiger partial charge in [-0.3, -0.25) is 14.5 Å². The van der Waals surface area contributed by atoms with E-state index in [2.05, 4.69) is 15.3 Å². The largest absolute Gasteiger partial charge is 0.480 e. The topological polar surface area (TPSA) is 93.7 Å². The van der Waals surface area contributed by atoms with E-state index in [1.807, 2.05) is 29.2 Å². The molecule has 42 heavy (non-hydrogen) atoms. The molecule has 8 nitrogen and oxygen atoms in total. The Balaban J connectivity index is 1.41. The summed E-state index contributed by atoms with van der Waals surface area (Å²) in [7, 11) is 2.81. The fourth-order valence-electron chi connectivity index (χ4n) is 5.03. The van der Waals surface area contributed by atoms with Crippen molar-refractivity contribution in [2.75, 3.05) is 32.6 Å². The second-order valence-corrected chi connectivity index (χ2v) is 10.5. The molecule has 0 unspecified atom stereocenters. The molecule has 2 aromatic carbocycles. The Bertz CT molecular complexity index is 1650. The van der Waals surface area contributed by atoms with Crippen molar-refractivity contribution in [3.05, 3.63) is 87.8 Å². The highest BCUT2D eigenvalue weighted by Crippen LogP contribution is 2.42. The summed E-state index contributed by atoms with van der Waals surface area (Å²) in [5, 5.41) is 3.75. The minimum Gasteiger partial charge on any atom is -0.480 e. The van der Waals surface area contributed by atoms with Crippen LogP contribution in [0.15, 0.2) is 60.8 Å². The van der Waals surface area contributed by atoms with Gasteiger partial charge in [0.05, 0.1) is 47.1 Å². The maximum Gasteiger partial charge on any atom is 0.310 e. The molecule has 1 atom stereocenters. The van der Waals surface area contributed by atoms with E-state index in [1.165, 1.54) is 20.4 Å². The minimum atomic E-state index is -0.501. The standard InChI is InChI=1S/C31H27Cl2FN4O4/c1-41-30-20(17-39)9-10-24(37-30)23-7-3-5-21(26(23)32)22-6-4-8-25(27(22)33)36-29-28(34)18(11-13-35-29)15-38-14-12-19(16-38)31(40)42-2/h3-11,13,17,19H,12,14-16H2,1-2H3,(H,35,36)/t19-/m1/s1. The van der Waals surface area contributed by atoms with Crippen LogP contribution in [0.3, 0.4) is 0 Å². The van der Waals surface area contributed by atoms with Crippen molar-refractivity contribution in [3.8, 4) is 28.3 Å². The smallest absolute Gasteiger partial charge is 0.310 e. The number of likely N-dealkylation sites (tertiary alicyclic amines) is 1.